The molecule has 3 rings (SSSR count). The van der Waals surface area contributed by atoms with Crippen LogP contribution in [0.15, 0.2) is 42.5 Å². The van der Waals surface area contributed by atoms with Crippen molar-refractivity contribution < 1.29 is 9.53 Å². The van der Waals surface area contributed by atoms with Crippen LogP contribution < -0.4 is 10.1 Å². The second kappa shape index (κ2) is 6.59. The van der Waals surface area contributed by atoms with E-state index in [1.54, 1.807) is 18.2 Å². The summed E-state index contributed by atoms with van der Waals surface area (Å²) in [6.45, 7) is 1.17. The minimum atomic E-state index is -0.155. The Morgan fingerprint density at radius 2 is 2.00 bits per heavy atom. The van der Waals surface area contributed by atoms with E-state index in [2.05, 4.69) is 11.4 Å². The Bertz CT molecular complexity index is 703. The van der Waals surface area contributed by atoms with Gasteiger partial charge in [0.25, 0.3) is 5.91 Å². The lowest BCUT2D eigenvalue weighted by Gasteiger charge is -2.25. The van der Waals surface area contributed by atoms with Gasteiger partial charge in [-0.05, 0) is 36.2 Å². The monoisotopic (exact) mass is 335 g/mol. The van der Waals surface area contributed by atoms with E-state index in [1.807, 2.05) is 18.2 Å². The summed E-state index contributed by atoms with van der Waals surface area (Å²) in [5, 5.41) is 3.74. The quantitative estimate of drug-likeness (QED) is 0.921. The maximum absolute atomic E-state index is 12.1. The minimum Gasteiger partial charge on any atom is -0.493 e. The third-order valence-electron chi connectivity index (χ3n) is 3.69. The van der Waals surface area contributed by atoms with Gasteiger partial charge >= 0.3 is 0 Å². The van der Waals surface area contributed by atoms with Gasteiger partial charge in [0.1, 0.15) is 5.75 Å². The number of nitrogens with one attached hydrogen (secondary N) is 1. The van der Waals surface area contributed by atoms with Crippen molar-refractivity contribution in [2.45, 2.75) is 6.42 Å². The van der Waals surface area contributed by atoms with Crippen LogP contribution in [0, 0.1) is 5.92 Å². The average molecular weight is 336 g/mol. The van der Waals surface area contributed by atoms with Crippen LogP contribution in [0.5, 0.6) is 5.75 Å². The molecule has 1 heterocycles. The number of carbonyl (C=O) groups is 1. The molecule has 114 valence electrons. The molecule has 0 fully saturated rings. The first-order valence-electron chi connectivity index (χ1n) is 7.07. The van der Waals surface area contributed by atoms with Crippen molar-refractivity contribution in [1.29, 1.82) is 0 Å². The average Bonchev–Trinajstić information content (AvgIpc) is 2.55. The second-order valence-corrected chi connectivity index (χ2v) is 6.14. The molecule has 2 aromatic carbocycles. The molecule has 5 heteroatoms. The molecule has 0 saturated heterocycles. The summed E-state index contributed by atoms with van der Waals surface area (Å²) in [4.78, 5) is 12.1. The Hall–Kier alpha value is -1.71. The highest BCUT2D eigenvalue weighted by Gasteiger charge is 2.20. The Labute approximate surface area is 139 Å². The maximum Gasteiger partial charge on any atom is 0.251 e. The van der Waals surface area contributed by atoms with Crippen LogP contribution in [0.1, 0.15) is 15.9 Å². The standard InChI is InChI=1S/C17H15Cl2NO2/c18-14-6-5-13(8-15(14)19)17(21)20-9-11-7-12-3-1-2-4-16(12)22-10-11/h1-6,8,11H,7,9-10H2,(H,20,21)/t11-/m0/s1. The molecule has 3 nitrogen and oxygen atoms in total. The molecule has 1 N–H and O–H groups in total. The van der Waals surface area contributed by atoms with E-state index in [1.165, 1.54) is 5.56 Å². The largest absolute Gasteiger partial charge is 0.493 e. The van der Waals surface area contributed by atoms with E-state index in [0.29, 0.717) is 28.8 Å². The summed E-state index contributed by atoms with van der Waals surface area (Å²) in [5.41, 5.74) is 1.69. The van der Waals surface area contributed by atoms with Gasteiger partial charge in [-0.2, -0.15) is 0 Å². The molecule has 1 aliphatic rings. The molecular weight excluding hydrogens is 321 g/mol. The maximum atomic E-state index is 12.1. The number of benzene rings is 2. The molecule has 2 aromatic rings. The van der Waals surface area contributed by atoms with E-state index in [9.17, 15) is 4.79 Å². The van der Waals surface area contributed by atoms with Crippen LogP contribution in [0.4, 0.5) is 0 Å². The highest BCUT2D eigenvalue weighted by Crippen LogP contribution is 2.26. The van der Waals surface area contributed by atoms with Crippen LogP contribution in [-0.2, 0) is 6.42 Å². The van der Waals surface area contributed by atoms with Gasteiger partial charge in [0.05, 0.1) is 16.7 Å². The fraction of sp³-hybridized carbons (Fsp3) is 0.235. The van der Waals surface area contributed by atoms with E-state index in [4.69, 9.17) is 27.9 Å². The van der Waals surface area contributed by atoms with Crippen molar-refractivity contribution in [1.82, 2.24) is 5.32 Å². The minimum absolute atomic E-state index is 0.155. The zero-order chi connectivity index (χ0) is 15.5. The van der Waals surface area contributed by atoms with Gasteiger partial charge in [0.2, 0.25) is 0 Å². The number of para-hydroxylation sites is 1. The van der Waals surface area contributed by atoms with Gasteiger partial charge < -0.3 is 10.1 Å². The third-order valence-corrected chi connectivity index (χ3v) is 4.43. The molecule has 0 unspecified atom stereocenters. The molecule has 0 saturated carbocycles. The van der Waals surface area contributed by atoms with Crippen molar-refractivity contribution in [2.24, 2.45) is 5.92 Å². The van der Waals surface area contributed by atoms with Crippen LogP contribution in [0.3, 0.4) is 0 Å². The van der Waals surface area contributed by atoms with Crippen LogP contribution >= 0.6 is 23.2 Å². The number of hydrogen-bond acceptors (Lipinski definition) is 2. The molecule has 0 spiro atoms. The smallest absolute Gasteiger partial charge is 0.251 e. The van der Waals surface area contributed by atoms with Crippen molar-refractivity contribution in [3.63, 3.8) is 0 Å². The first-order chi connectivity index (χ1) is 10.6. The lowest BCUT2D eigenvalue weighted by molar-refractivity contribution is 0.0939. The fourth-order valence-electron chi connectivity index (χ4n) is 2.50. The molecule has 1 aliphatic heterocycles. The first kappa shape index (κ1) is 15.2. The summed E-state index contributed by atoms with van der Waals surface area (Å²) in [6, 6.07) is 12.9. The van der Waals surface area contributed by atoms with Crippen molar-refractivity contribution >= 4 is 29.1 Å². The predicted octanol–water partition coefficient (Wildman–Crippen LogP) is 3.97. The molecule has 22 heavy (non-hydrogen) atoms. The molecule has 0 aromatic heterocycles. The summed E-state index contributed by atoms with van der Waals surface area (Å²) in [5.74, 6) is 1.05. The third kappa shape index (κ3) is 3.37. The van der Waals surface area contributed by atoms with Crippen LogP contribution in [-0.4, -0.2) is 19.1 Å². The number of fused-ring (bicyclic) bond motifs is 1. The Kier molecular flexibility index (Phi) is 4.55. The Morgan fingerprint density at radius 1 is 1.18 bits per heavy atom. The summed E-state index contributed by atoms with van der Waals surface area (Å²) < 4.78 is 5.72. The van der Waals surface area contributed by atoms with Crippen molar-refractivity contribution in [3.05, 3.63) is 63.6 Å². The molecule has 0 aliphatic carbocycles. The van der Waals surface area contributed by atoms with Crippen LogP contribution in [0.2, 0.25) is 10.0 Å². The van der Waals surface area contributed by atoms with Crippen molar-refractivity contribution in [3.8, 4) is 5.75 Å². The predicted molar refractivity (Wildman–Crippen MR) is 87.9 cm³/mol. The lowest BCUT2D eigenvalue weighted by Crippen LogP contribution is -2.34. The first-order valence-corrected chi connectivity index (χ1v) is 7.83. The van der Waals surface area contributed by atoms with Gasteiger partial charge in [-0.3, -0.25) is 4.79 Å². The molecule has 1 amide bonds. The number of amides is 1. The number of carbonyl (C=O) groups excluding carboxylic acids is 1. The van der Waals surface area contributed by atoms with Gasteiger partial charge in [-0.25, -0.2) is 0 Å². The van der Waals surface area contributed by atoms with Gasteiger partial charge in [0.15, 0.2) is 0 Å². The molecular formula is C17H15Cl2NO2. The fourth-order valence-corrected chi connectivity index (χ4v) is 2.80. The van der Waals surface area contributed by atoms with Gasteiger partial charge in [-0.1, -0.05) is 41.4 Å². The zero-order valence-electron chi connectivity index (χ0n) is 11.8. The SMILES string of the molecule is O=C(NC[C@H]1COc2ccccc2C1)c1ccc(Cl)c(Cl)c1. The molecule has 0 bridgehead atoms. The topological polar surface area (TPSA) is 38.3 Å². The van der Waals surface area contributed by atoms with E-state index < -0.39 is 0 Å². The Morgan fingerprint density at radius 3 is 2.82 bits per heavy atom. The number of hydrogen-bond donors (Lipinski definition) is 1. The van der Waals surface area contributed by atoms with E-state index >= 15 is 0 Å². The van der Waals surface area contributed by atoms with Gasteiger partial charge in [0, 0.05) is 18.0 Å². The summed E-state index contributed by atoms with van der Waals surface area (Å²) in [7, 11) is 0. The number of ether oxygens (including phenoxy) is 1. The highest BCUT2D eigenvalue weighted by atomic mass is 35.5. The lowest BCUT2D eigenvalue weighted by atomic mass is 9.96. The zero-order valence-corrected chi connectivity index (χ0v) is 13.3. The summed E-state index contributed by atoms with van der Waals surface area (Å²) >= 11 is 11.8. The van der Waals surface area contributed by atoms with Crippen molar-refractivity contribution in [2.75, 3.05) is 13.2 Å². The second-order valence-electron chi connectivity index (χ2n) is 5.33. The van der Waals surface area contributed by atoms with Gasteiger partial charge in [-0.15, -0.1) is 0 Å². The molecule has 1 atom stereocenters. The molecule has 0 radical (unpaired) electrons. The highest BCUT2D eigenvalue weighted by molar-refractivity contribution is 6.42. The Balaban J connectivity index is 1.59. The van der Waals surface area contributed by atoms with E-state index in [0.717, 1.165) is 12.2 Å². The van der Waals surface area contributed by atoms with E-state index in [-0.39, 0.29) is 11.8 Å². The summed E-state index contributed by atoms with van der Waals surface area (Å²) in [6.07, 6.45) is 0.901. The van der Waals surface area contributed by atoms with Crippen LogP contribution in [0.25, 0.3) is 0 Å². The number of halogens is 2. The normalized spacial score (nSPS) is 16.5. The number of rotatable bonds is 3.